The molecule has 0 amide bonds. The highest BCUT2D eigenvalue weighted by atomic mass is 32.2. The SMILES string of the molecule is CNC(SC(=N)C(F)F)c1cnc2c(N3CCC4COCC4C3)cc(SNC3(C)CC3)cn12. The summed E-state index contributed by atoms with van der Waals surface area (Å²) in [5, 5.41) is 9.57. The van der Waals surface area contributed by atoms with Gasteiger partial charge >= 0.3 is 0 Å². The van der Waals surface area contributed by atoms with Crippen molar-refractivity contribution in [3.05, 3.63) is 24.2 Å². The van der Waals surface area contributed by atoms with E-state index < -0.39 is 16.8 Å². The predicted octanol–water partition coefficient (Wildman–Crippen LogP) is 4.15. The fourth-order valence-electron chi connectivity index (χ4n) is 4.54. The third kappa shape index (κ3) is 4.88. The van der Waals surface area contributed by atoms with Crippen LogP contribution in [0.3, 0.4) is 0 Å². The first kappa shape index (κ1) is 23.3. The van der Waals surface area contributed by atoms with E-state index in [4.69, 9.17) is 15.1 Å². The second kappa shape index (κ2) is 9.33. The van der Waals surface area contributed by atoms with E-state index in [1.165, 1.54) is 0 Å². The molecule has 2 aliphatic heterocycles. The lowest BCUT2D eigenvalue weighted by Gasteiger charge is -2.35. The Labute approximate surface area is 201 Å². The van der Waals surface area contributed by atoms with Gasteiger partial charge in [-0.15, -0.1) is 0 Å². The van der Waals surface area contributed by atoms with Crippen LogP contribution in [0.25, 0.3) is 5.65 Å². The highest BCUT2D eigenvalue weighted by molar-refractivity contribution is 8.14. The molecule has 3 fully saturated rings. The van der Waals surface area contributed by atoms with Gasteiger partial charge in [0.2, 0.25) is 0 Å². The maximum atomic E-state index is 13.1. The summed E-state index contributed by atoms with van der Waals surface area (Å²) < 4.78 is 37.4. The van der Waals surface area contributed by atoms with Crippen molar-refractivity contribution in [3.63, 3.8) is 0 Å². The fraction of sp³-hybridized carbons (Fsp3) is 0.636. The van der Waals surface area contributed by atoms with Crippen molar-refractivity contribution in [2.75, 3.05) is 38.3 Å². The quantitative estimate of drug-likeness (QED) is 0.219. The second-order valence-corrected chi connectivity index (χ2v) is 11.5. The van der Waals surface area contributed by atoms with Crippen LogP contribution in [0.1, 0.15) is 37.3 Å². The molecule has 7 nitrogen and oxygen atoms in total. The molecule has 0 spiro atoms. The normalized spacial score (nSPS) is 24.9. The number of nitrogens with one attached hydrogen (secondary N) is 3. The lowest BCUT2D eigenvalue weighted by molar-refractivity contribution is 0.182. The molecule has 0 radical (unpaired) electrons. The number of pyridine rings is 1. The number of halogens is 2. The summed E-state index contributed by atoms with van der Waals surface area (Å²) in [5.74, 6) is 1.16. The summed E-state index contributed by atoms with van der Waals surface area (Å²) in [7, 11) is 1.72. The van der Waals surface area contributed by atoms with Crippen LogP contribution < -0.4 is 14.9 Å². The number of aromatic nitrogens is 2. The summed E-state index contributed by atoms with van der Waals surface area (Å²) in [5.41, 5.74) is 2.80. The molecule has 1 saturated carbocycles. The third-order valence-corrected chi connectivity index (χ3v) is 9.07. The van der Waals surface area contributed by atoms with Gasteiger partial charge in [-0.2, -0.15) is 0 Å². The number of piperidine rings is 1. The Bertz CT molecular complexity index is 1030. The Hall–Kier alpha value is -1.40. The van der Waals surface area contributed by atoms with E-state index in [0.29, 0.717) is 11.8 Å². The Morgan fingerprint density at radius 1 is 1.33 bits per heavy atom. The maximum Gasteiger partial charge on any atom is 0.285 e. The van der Waals surface area contributed by atoms with Crippen molar-refractivity contribution in [1.29, 1.82) is 5.41 Å². The minimum atomic E-state index is -2.79. The molecule has 3 unspecified atom stereocenters. The minimum absolute atomic E-state index is 0.173. The number of ether oxygens (including phenoxy) is 1. The average molecular weight is 497 g/mol. The Morgan fingerprint density at radius 2 is 2.12 bits per heavy atom. The first-order valence-corrected chi connectivity index (χ1v) is 13.0. The molecule has 180 valence electrons. The molecule has 2 aromatic rings. The lowest BCUT2D eigenvalue weighted by Crippen LogP contribution is -2.40. The zero-order chi connectivity index (χ0) is 23.2. The molecule has 3 atom stereocenters. The highest BCUT2D eigenvalue weighted by Gasteiger charge is 2.38. The predicted molar refractivity (Wildman–Crippen MR) is 130 cm³/mol. The van der Waals surface area contributed by atoms with Crippen molar-refractivity contribution in [1.82, 2.24) is 19.4 Å². The summed E-state index contributed by atoms with van der Waals surface area (Å²) in [6.07, 6.45) is 4.39. The van der Waals surface area contributed by atoms with Crippen LogP contribution in [0.4, 0.5) is 14.5 Å². The standard InChI is InChI=1S/C22H30F2N6OS2/c1-22(4-5-22)28-33-15-7-16(29-6-3-13-11-31-12-14(13)9-29)20-27-8-17(30(20)10-15)21(26-2)32-19(25)18(23)24/h7-8,10,13-14,18,21,25-26,28H,3-6,9,11-12H2,1-2H3. The van der Waals surface area contributed by atoms with E-state index in [1.807, 2.05) is 10.6 Å². The van der Waals surface area contributed by atoms with Gasteiger partial charge in [-0.25, -0.2) is 13.8 Å². The Kier molecular flexibility index (Phi) is 6.60. The first-order valence-electron chi connectivity index (χ1n) is 11.3. The molecule has 0 aromatic carbocycles. The Balaban J connectivity index is 1.50. The van der Waals surface area contributed by atoms with Crippen molar-refractivity contribution in [2.45, 2.75) is 48.4 Å². The van der Waals surface area contributed by atoms with Gasteiger partial charge in [-0.05, 0) is 57.2 Å². The van der Waals surface area contributed by atoms with Crippen LogP contribution in [-0.2, 0) is 4.74 Å². The number of thioether (sulfide) groups is 1. The van der Waals surface area contributed by atoms with E-state index in [0.717, 1.165) is 79.3 Å². The molecule has 2 aromatic heterocycles. The van der Waals surface area contributed by atoms with Crippen LogP contribution in [0.2, 0.25) is 0 Å². The summed E-state index contributed by atoms with van der Waals surface area (Å²) in [6.45, 7) is 5.76. The monoisotopic (exact) mass is 496 g/mol. The van der Waals surface area contributed by atoms with E-state index in [-0.39, 0.29) is 5.54 Å². The van der Waals surface area contributed by atoms with E-state index in [2.05, 4.69) is 27.9 Å². The molecule has 3 aliphatic rings. The van der Waals surface area contributed by atoms with Crippen LogP contribution in [0, 0.1) is 17.2 Å². The van der Waals surface area contributed by atoms with Gasteiger partial charge in [0.25, 0.3) is 6.43 Å². The van der Waals surface area contributed by atoms with Crippen LogP contribution in [-0.4, -0.2) is 59.7 Å². The number of hydrogen-bond acceptors (Lipinski definition) is 8. The smallest absolute Gasteiger partial charge is 0.285 e. The molecule has 3 N–H and O–H groups in total. The molecule has 4 heterocycles. The zero-order valence-electron chi connectivity index (χ0n) is 18.8. The molecule has 1 aliphatic carbocycles. The summed E-state index contributed by atoms with van der Waals surface area (Å²) >= 11 is 2.43. The number of nitrogens with zero attached hydrogens (tertiary/aromatic N) is 3. The molecule has 0 bridgehead atoms. The molecular weight excluding hydrogens is 466 g/mol. The topological polar surface area (TPSA) is 77.7 Å². The molecule has 33 heavy (non-hydrogen) atoms. The van der Waals surface area contributed by atoms with Gasteiger partial charge in [0.1, 0.15) is 10.4 Å². The second-order valence-electron chi connectivity index (χ2n) is 9.45. The number of alkyl halides is 2. The van der Waals surface area contributed by atoms with Crippen molar-refractivity contribution in [2.24, 2.45) is 11.8 Å². The third-order valence-electron chi connectivity index (χ3n) is 6.87. The van der Waals surface area contributed by atoms with E-state index >= 15 is 0 Å². The fourth-order valence-corrected chi connectivity index (χ4v) is 6.21. The number of hydrogen-bond donors (Lipinski definition) is 3. The molecular formula is C22H30F2N6OS2. The zero-order valence-corrected chi connectivity index (χ0v) is 20.4. The summed E-state index contributed by atoms with van der Waals surface area (Å²) in [6, 6.07) is 2.19. The number of imidazole rings is 1. The number of fused-ring (bicyclic) bond motifs is 2. The minimum Gasteiger partial charge on any atom is -0.381 e. The lowest BCUT2D eigenvalue weighted by atomic mass is 9.88. The van der Waals surface area contributed by atoms with Gasteiger partial charge in [0, 0.05) is 42.2 Å². The molecule has 5 rings (SSSR count). The van der Waals surface area contributed by atoms with Gasteiger partial charge in [-0.3, -0.25) is 14.5 Å². The number of rotatable bonds is 8. The van der Waals surface area contributed by atoms with Gasteiger partial charge < -0.3 is 15.0 Å². The number of anilines is 1. The summed E-state index contributed by atoms with van der Waals surface area (Å²) in [4.78, 5) is 8.16. The average Bonchev–Trinajstić information content (AvgIpc) is 3.19. The van der Waals surface area contributed by atoms with Crippen molar-refractivity contribution >= 4 is 40.1 Å². The van der Waals surface area contributed by atoms with Gasteiger partial charge in [0.05, 0.1) is 24.2 Å². The van der Waals surface area contributed by atoms with Crippen LogP contribution in [0.15, 0.2) is 23.4 Å². The van der Waals surface area contributed by atoms with Gasteiger partial charge in [0.15, 0.2) is 5.65 Å². The largest absolute Gasteiger partial charge is 0.381 e. The van der Waals surface area contributed by atoms with E-state index in [9.17, 15) is 8.78 Å². The molecule has 11 heteroatoms. The van der Waals surface area contributed by atoms with Crippen LogP contribution in [0.5, 0.6) is 0 Å². The van der Waals surface area contributed by atoms with Crippen LogP contribution >= 0.6 is 23.7 Å². The van der Waals surface area contributed by atoms with Crippen molar-refractivity contribution < 1.29 is 13.5 Å². The molecule has 2 saturated heterocycles. The van der Waals surface area contributed by atoms with Gasteiger partial charge in [-0.1, -0.05) is 11.8 Å². The van der Waals surface area contributed by atoms with E-state index in [1.54, 1.807) is 25.2 Å². The first-order chi connectivity index (χ1) is 15.9. The maximum absolute atomic E-state index is 13.1. The Morgan fingerprint density at radius 3 is 2.85 bits per heavy atom. The highest BCUT2D eigenvalue weighted by Crippen LogP contribution is 2.40. The van der Waals surface area contributed by atoms with Crippen molar-refractivity contribution in [3.8, 4) is 0 Å².